The monoisotopic (exact) mass is 1270 g/mol. The van der Waals surface area contributed by atoms with Gasteiger partial charge in [-0.25, -0.2) is 18.1 Å². The van der Waals surface area contributed by atoms with Gasteiger partial charge in [0.1, 0.15) is 28.9 Å². The summed E-state index contributed by atoms with van der Waals surface area (Å²) in [6.45, 7) is 13.5. The van der Waals surface area contributed by atoms with E-state index in [0.717, 1.165) is 132 Å². The Kier molecular flexibility index (Phi) is 20.8. The zero-order valence-electron chi connectivity index (χ0n) is 51.5. The number of hydrogen-bond donors (Lipinski definition) is 8. The van der Waals surface area contributed by atoms with Crippen LogP contribution in [0.5, 0.6) is 17.2 Å². The Morgan fingerprint density at radius 2 is 1.63 bits per heavy atom. The number of halogens is 1. The molecule has 20 nitrogen and oxygen atoms in total. The molecule has 90 heavy (non-hydrogen) atoms. The first kappa shape index (κ1) is 64.0. The number of pyridine rings is 1. The molecule has 2 aliphatic carbocycles. The van der Waals surface area contributed by atoms with Gasteiger partial charge in [0.2, 0.25) is 11.8 Å². The molecule has 3 fully saturated rings. The average Bonchev–Trinajstić information content (AvgIpc) is 1.82. The average molecular weight is 1270 g/mol. The van der Waals surface area contributed by atoms with Crippen LogP contribution in [0.15, 0.2) is 114 Å². The minimum Gasteiger partial charge on any atom is -0.493 e. The third-order valence-corrected chi connectivity index (χ3v) is 20.1. The van der Waals surface area contributed by atoms with E-state index in [1.165, 1.54) is 41.1 Å². The summed E-state index contributed by atoms with van der Waals surface area (Å²) < 4.78 is 42.6. The van der Waals surface area contributed by atoms with Crippen LogP contribution in [-0.4, -0.2) is 140 Å². The fourth-order valence-corrected chi connectivity index (χ4v) is 14.5. The molecule has 2 aromatic heterocycles. The smallest absolute Gasteiger partial charge is 0.268 e. The number of piperazine rings is 1. The Balaban J connectivity index is 0.600. The summed E-state index contributed by atoms with van der Waals surface area (Å²) in [4.78, 5) is 65.5. The molecule has 6 aromatic rings. The van der Waals surface area contributed by atoms with E-state index in [0.29, 0.717) is 85.3 Å². The third kappa shape index (κ3) is 16.0. The van der Waals surface area contributed by atoms with Crippen molar-refractivity contribution < 1.29 is 42.3 Å². The number of aromatic nitrogens is 2. The first-order chi connectivity index (χ1) is 43.6. The van der Waals surface area contributed by atoms with Crippen molar-refractivity contribution in [3.63, 3.8) is 0 Å². The van der Waals surface area contributed by atoms with E-state index in [4.69, 9.17) is 21.1 Å². The second-order valence-electron chi connectivity index (χ2n) is 25.4. The topological polar surface area (TPSA) is 252 Å². The molecule has 3 aliphatic heterocycles. The maximum atomic E-state index is 14.0. The molecular weight excluding hydrogens is 1180 g/mol. The Morgan fingerprint density at radius 3 is 2.43 bits per heavy atom. The first-order valence-corrected chi connectivity index (χ1v) is 33.8. The van der Waals surface area contributed by atoms with Gasteiger partial charge < -0.3 is 40.2 Å². The van der Waals surface area contributed by atoms with Crippen molar-refractivity contribution in [2.24, 2.45) is 11.3 Å². The van der Waals surface area contributed by atoms with E-state index in [1.807, 2.05) is 30.3 Å². The van der Waals surface area contributed by atoms with E-state index in [9.17, 15) is 32.8 Å². The third-order valence-electron chi connectivity index (χ3n) is 18.6. The minimum absolute atomic E-state index is 0.00684. The van der Waals surface area contributed by atoms with Crippen LogP contribution in [0.3, 0.4) is 0 Å². The molecular formula is C68H84ClN11O9S. The van der Waals surface area contributed by atoms with Crippen LogP contribution in [0.1, 0.15) is 136 Å². The highest BCUT2D eigenvalue weighted by Crippen LogP contribution is 2.43. The van der Waals surface area contributed by atoms with Gasteiger partial charge in [-0.1, -0.05) is 68.5 Å². The van der Waals surface area contributed by atoms with Crippen LogP contribution in [-0.2, 0) is 26.2 Å². The molecule has 8 N–H and O–H groups in total. The molecule has 22 heteroatoms. The highest BCUT2D eigenvalue weighted by molar-refractivity contribution is 7.90. The molecule has 5 heterocycles. The summed E-state index contributed by atoms with van der Waals surface area (Å²) in [5, 5.41) is 24.6. The van der Waals surface area contributed by atoms with Gasteiger partial charge in [-0.05, 0) is 160 Å². The molecule has 5 aliphatic rings. The molecule has 4 amide bonds. The van der Waals surface area contributed by atoms with Crippen LogP contribution in [0.2, 0.25) is 5.02 Å². The van der Waals surface area contributed by atoms with E-state index in [-0.39, 0.29) is 45.5 Å². The molecule has 0 bridgehead atoms. The van der Waals surface area contributed by atoms with Crippen LogP contribution in [0, 0.1) is 11.3 Å². The summed E-state index contributed by atoms with van der Waals surface area (Å²) >= 11 is 6.23. The van der Waals surface area contributed by atoms with Crippen LogP contribution in [0.4, 0.5) is 17.1 Å². The number of aromatic amines is 1. The molecule has 0 spiro atoms. The Labute approximate surface area is 532 Å². The molecule has 11 rings (SSSR count). The lowest BCUT2D eigenvalue weighted by atomic mass is 9.72. The fraction of sp³-hybridized carbons (Fsp3) is 0.456. The van der Waals surface area contributed by atoms with Crippen molar-refractivity contribution >= 4 is 78.9 Å². The van der Waals surface area contributed by atoms with Crippen LogP contribution in [0.25, 0.3) is 16.6 Å². The summed E-state index contributed by atoms with van der Waals surface area (Å²) in [6, 6.07) is 26.4. The maximum absolute atomic E-state index is 14.0. The summed E-state index contributed by atoms with van der Waals surface area (Å²) in [5.74, 6) is -0.220. The van der Waals surface area contributed by atoms with Crippen molar-refractivity contribution in [3.8, 4) is 17.2 Å². The number of anilines is 3. The number of carbonyl (C=O) groups excluding carboxylic acids is 4. The number of amides is 4. The van der Waals surface area contributed by atoms with Gasteiger partial charge in [-0.15, -0.1) is 0 Å². The SMILES string of the molecule is CC1(C)CCC(CNCCNc2ccc(C(=O)NS(=O)(=O)c3ccc(NCC4CCC(N5CCN(CCCCCCCOc6cccc7c6CN(C6CCC(=O)NC6=O)C7=O)CC5)CC4)c(NO)c3)c(Oc3cnc4[nH]ccc4c3)c2)=C(c2ccc(Cl)cc2)C1. The standard InChI is InChI=1S/C68H84ClN11O9S/c1-68(2)27-25-48(56(40-68)46-13-15-49(69)16-14-46)42-70-29-30-71-50-17-21-55(62(38-50)89-52-37-47-26-28-72-64(47)74-43-52)65(82)77-90(86,87)53-20-22-58(59(39-53)76-85)73-41-45-11-18-51(19-12-45)79-34-32-78(33-35-79)31-6-4-3-5-7-36-88-61-10-8-9-54-57(61)44-80(67(54)84)60-23-24-63(81)75-66(60)83/h8-10,13-17,20-22,26,28,37-39,43,45,51,60,70-71,73,76,85H,3-7,11-12,18-19,23-25,27,29-36,40-42,44H2,1-2H3,(H,72,74)(H,77,82)(H,75,81,83). The van der Waals surface area contributed by atoms with E-state index in [2.05, 4.69) is 77.2 Å². The predicted molar refractivity (Wildman–Crippen MR) is 350 cm³/mol. The molecule has 0 radical (unpaired) electrons. The Morgan fingerprint density at radius 1 is 0.833 bits per heavy atom. The Bertz CT molecular complexity index is 3690. The number of unbranched alkanes of at least 4 members (excludes halogenated alkanes) is 4. The normalized spacial score (nSPS) is 19.8. The van der Waals surface area contributed by atoms with Gasteiger partial charge in [0.15, 0.2) is 0 Å². The zero-order valence-corrected chi connectivity index (χ0v) is 53.1. The minimum atomic E-state index is -4.44. The van der Waals surface area contributed by atoms with Crippen LogP contribution < -0.4 is 40.9 Å². The molecule has 1 saturated carbocycles. The molecule has 4 aromatic carbocycles. The number of ether oxygens (including phenoxy) is 2. The van der Waals surface area contributed by atoms with Gasteiger partial charge in [0.05, 0.1) is 41.2 Å². The number of sulfonamides is 1. The largest absolute Gasteiger partial charge is 0.493 e. The quantitative estimate of drug-likeness (QED) is 0.0136. The predicted octanol–water partition coefficient (Wildman–Crippen LogP) is 11.0. The van der Waals surface area contributed by atoms with E-state index in [1.54, 1.807) is 41.4 Å². The van der Waals surface area contributed by atoms with Gasteiger partial charge in [0.25, 0.3) is 21.8 Å². The molecule has 1 unspecified atom stereocenters. The number of nitrogens with zero attached hydrogens (tertiary/aromatic N) is 4. The number of hydrogen-bond acceptors (Lipinski definition) is 16. The van der Waals surface area contributed by atoms with Crippen molar-refractivity contribution in [2.45, 2.75) is 127 Å². The highest BCUT2D eigenvalue weighted by Gasteiger charge is 2.40. The van der Waals surface area contributed by atoms with Crippen molar-refractivity contribution in [1.29, 1.82) is 0 Å². The van der Waals surface area contributed by atoms with Crippen LogP contribution >= 0.6 is 11.6 Å². The highest BCUT2D eigenvalue weighted by atomic mass is 35.5. The van der Waals surface area contributed by atoms with E-state index >= 15 is 0 Å². The lowest BCUT2D eigenvalue weighted by Crippen LogP contribution is -2.52. The summed E-state index contributed by atoms with van der Waals surface area (Å²) in [7, 11) is -4.44. The summed E-state index contributed by atoms with van der Waals surface area (Å²) in [6.07, 6.45) is 16.7. The number of fused-ring (bicyclic) bond motifs is 2. The Hall–Kier alpha value is -7.53. The number of nitrogens with one attached hydrogen (secondary N) is 7. The second kappa shape index (κ2) is 29.2. The number of benzene rings is 4. The van der Waals surface area contributed by atoms with Crippen molar-refractivity contribution in [2.75, 3.05) is 81.6 Å². The number of rotatable bonds is 27. The van der Waals surface area contributed by atoms with E-state index < -0.39 is 27.9 Å². The number of allylic oxidation sites excluding steroid dienone is 1. The maximum Gasteiger partial charge on any atom is 0.268 e. The zero-order chi connectivity index (χ0) is 62.8. The van der Waals surface area contributed by atoms with Crippen molar-refractivity contribution in [3.05, 3.63) is 136 Å². The fourth-order valence-electron chi connectivity index (χ4n) is 13.4. The summed E-state index contributed by atoms with van der Waals surface area (Å²) in [5.41, 5.74) is 9.76. The number of H-pyrrole nitrogens is 1. The van der Waals surface area contributed by atoms with Gasteiger partial charge >= 0.3 is 0 Å². The molecule has 1 atom stereocenters. The molecule has 2 saturated heterocycles. The number of piperidine rings is 1. The van der Waals surface area contributed by atoms with Gasteiger partial charge in [-0.3, -0.25) is 40.1 Å². The van der Waals surface area contributed by atoms with Gasteiger partial charge in [0, 0.05) is 104 Å². The molecule has 478 valence electrons. The van der Waals surface area contributed by atoms with Crippen molar-refractivity contribution in [1.82, 2.24) is 40.0 Å². The number of imide groups is 1. The lowest BCUT2D eigenvalue weighted by molar-refractivity contribution is -0.136. The number of carbonyl (C=O) groups is 4. The lowest BCUT2D eigenvalue weighted by Gasteiger charge is -2.42. The second-order valence-corrected chi connectivity index (χ2v) is 27.5. The van der Waals surface area contributed by atoms with Gasteiger partial charge in [-0.2, -0.15) is 0 Å². The first-order valence-electron chi connectivity index (χ1n) is 31.9.